The van der Waals surface area contributed by atoms with Crippen molar-refractivity contribution in [3.05, 3.63) is 54.0 Å². The number of nitrogens with one attached hydrogen (secondary N) is 2. The van der Waals surface area contributed by atoms with Crippen LogP contribution in [0, 0.1) is 5.92 Å². The summed E-state index contributed by atoms with van der Waals surface area (Å²) in [5.74, 6) is -1.71. The van der Waals surface area contributed by atoms with Gasteiger partial charge in [-0.3, -0.25) is 19.7 Å². The first-order chi connectivity index (χ1) is 14.5. The average Bonchev–Trinajstić information content (AvgIpc) is 3.40. The summed E-state index contributed by atoms with van der Waals surface area (Å²) in [6, 6.07) is 10.1. The smallest absolute Gasteiger partial charge is 0.321 e. The summed E-state index contributed by atoms with van der Waals surface area (Å²) in [5, 5.41) is 4.50. The van der Waals surface area contributed by atoms with E-state index in [1.165, 1.54) is 6.26 Å². The summed E-state index contributed by atoms with van der Waals surface area (Å²) >= 11 is 0. The molecule has 0 saturated carbocycles. The number of urea groups is 1. The maximum absolute atomic E-state index is 12.4. The van der Waals surface area contributed by atoms with Gasteiger partial charge in [-0.25, -0.2) is 4.79 Å². The lowest BCUT2D eigenvalue weighted by molar-refractivity contribution is -0.152. The van der Waals surface area contributed by atoms with Crippen molar-refractivity contribution < 1.29 is 28.3 Å². The van der Waals surface area contributed by atoms with Gasteiger partial charge in [0, 0.05) is 18.7 Å². The van der Waals surface area contributed by atoms with Crippen molar-refractivity contribution >= 4 is 29.5 Å². The zero-order chi connectivity index (χ0) is 21.5. The van der Waals surface area contributed by atoms with Gasteiger partial charge in [0.1, 0.15) is 5.76 Å². The molecule has 1 aromatic carbocycles. The molecule has 1 aliphatic rings. The van der Waals surface area contributed by atoms with Crippen molar-refractivity contribution in [1.29, 1.82) is 0 Å². The molecule has 2 N–H and O–H groups in total. The lowest BCUT2D eigenvalue weighted by Gasteiger charge is -2.19. The zero-order valence-electron chi connectivity index (χ0n) is 16.6. The maximum atomic E-state index is 12.4. The van der Waals surface area contributed by atoms with Crippen LogP contribution < -0.4 is 15.5 Å². The van der Waals surface area contributed by atoms with Gasteiger partial charge in [-0.1, -0.05) is 25.1 Å². The fourth-order valence-electron chi connectivity index (χ4n) is 3.21. The second kappa shape index (κ2) is 9.73. The number of hydrogen-bond donors (Lipinski definition) is 2. The lowest BCUT2D eigenvalue weighted by atomic mass is 10.1. The molecule has 4 amide bonds. The highest BCUT2D eigenvalue weighted by molar-refractivity contribution is 6.00. The van der Waals surface area contributed by atoms with E-state index in [9.17, 15) is 19.2 Å². The van der Waals surface area contributed by atoms with E-state index < -0.39 is 30.4 Å². The van der Waals surface area contributed by atoms with Crippen molar-refractivity contribution in [3.8, 4) is 0 Å². The van der Waals surface area contributed by atoms with Crippen LogP contribution in [0.4, 0.5) is 10.5 Å². The number of benzene rings is 1. The minimum Gasteiger partial charge on any atom is -0.467 e. The number of esters is 1. The molecule has 2 heterocycles. The highest BCUT2D eigenvalue weighted by atomic mass is 16.5. The van der Waals surface area contributed by atoms with Crippen LogP contribution in [0.3, 0.4) is 0 Å². The normalized spacial score (nSPS) is 15.7. The fourth-order valence-corrected chi connectivity index (χ4v) is 3.21. The molecule has 2 aromatic rings. The fraction of sp³-hybridized carbons (Fsp3) is 0.333. The number of nitrogens with zero attached hydrogens (tertiary/aromatic N) is 1. The number of furan rings is 1. The third-order valence-corrected chi connectivity index (χ3v) is 4.72. The Balaban J connectivity index is 1.45. The Morgan fingerprint density at radius 1 is 1.20 bits per heavy atom. The van der Waals surface area contributed by atoms with Crippen molar-refractivity contribution in [2.24, 2.45) is 5.92 Å². The van der Waals surface area contributed by atoms with Crippen molar-refractivity contribution in [2.75, 3.05) is 18.1 Å². The van der Waals surface area contributed by atoms with Gasteiger partial charge in [0.2, 0.25) is 5.91 Å². The first-order valence-electron chi connectivity index (χ1n) is 9.63. The molecule has 0 radical (unpaired) electrons. The average molecular weight is 413 g/mol. The molecule has 1 aliphatic heterocycles. The Labute approximate surface area is 173 Å². The number of rotatable bonds is 7. The van der Waals surface area contributed by atoms with E-state index in [1.54, 1.807) is 17.0 Å². The Kier molecular flexibility index (Phi) is 6.84. The summed E-state index contributed by atoms with van der Waals surface area (Å²) in [4.78, 5) is 49.8. The molecule has 3 rings (SSSR count). The molecule has 1 aromatic heterocycles. The second-order valence-electron chi connectivity index (χ2n) is 6.81. The van der Waals surface area contributed by atoms with Gasteiger partial charge in [-0.2, -0.15) is 0 Å². The molecule has 0 aliphatic carbocycles. The van der Waals surface area contributed by atoms with E-state index in [-0.39, 0.29) is 25.4 Å². The van der Waals surface area contributed by atoms with E-state index in [0.29, 0.717) is 5.76 Å². The first kappa shape index (κ1) is 21.1. The second-order valence-corrected chi connectivity index (χ2v) is 6.81. The van der Waals surface area contributed by atoms with Crippen LogP contribution in [0.2, 0.25) is 0 Å². The van der Waals surface area contributed by atoms with Gasteiger partial charge in [-0.05, 0) is 30.2 Å². The van der Waals surface area contributed by atoms with E-state index in [2.05, 4.69) is 10.6 Å². The summed E-state index contributed by atoms with van der Waals surface area (Å²) in [6.45, 7) is 1.70. The predicted octanol–water partition coefficient (Wildman–Crippen LogP) is 1.76. The van der Waals surface area contributed by atoms with E-state index in [0.717, 1.165) is 17.7 Å². The molecule has 1 fully saturated rings. The van der Waals surface area contributed by atoms with Crippen LogP contribution in [0.1, 0.15) is 24.7 Å². The van der Waals surface area contributed by atoms with Crippen LogP contribution >= 0.6 is 0 Å². The van der Waals surface area contributed by atoms with Gasteiger partial charge in [-0.15, -0.1) is 0 Å². The molecule has 1 atom stereocenters. The van der Waals surface area contributed by atoms with Crippen LogP contribution in [0.5, 0.6) is 0 Å². The number of carbonyl (C=O) groups is 4. The van der Waals surface area contributed by atoms with Gasteiger partial charge in [0.15, 0.2) is 6.61 Å². The third-order valence-electron chi connectivity index (χ3n) is 4.72. The minimum absolute atomic E-state index is 0.0160. The molecule has 1 saturated heterocycles. The molecular weight excluding hydrogens is 390 g/mol. The maximum Gasteiger partial charge on any atom is 0.321 e. The topological polar surface area (TPSA) is 118 Å². The summed E-state index contributed by atoms with van der Waals surface area (Å²) in [5.41, 5.74) is 1.80. The molecule has 30 heavy (non-hydrogen) atoms. The first-order valence-corrected chi connectivity index (χ1v) is 9.63. The van der Waals surface area contributed by atoms with E-state index in [1.807, 2.05) is 31.2 Å². The van der Waals surface area contributed by atoms with E-state index in [4.69, 9.17) is 9.15 Å². The predicted molar refractivity (Wildman–Crippen MR) is 106 cm³/mol. The zero-order valence-corrected chi connectivity index (χ0v) is 16.6. The van der Waals surface area contributed by atoms with Crippen molar-refractivity contribution in [2.45, 2.75) is 26.3 Å². The van der Waals surface area contributed by atoms with Gasteiger partial charge >= 0.3 is 12.0 Å². The Morgan fingerprint density at radius 3 is 2.73 bits per heavy atom. The number of carbonyl (C=O) groups excluding carboxylic acids is 4. The number of aryl methyl sites for hydroxylation is 1. The highest BCUT2D eigenvalue weighted by Gasteiger charge is 2.37. The van der Waals surface area contributed by atoms with Crippen molar-refractivity contribution in [1.82, 2.24) is 10.6 Å². The summed E-state index contributed by atoms with van der Waals surface area (Å²) in [7, 11) is 0. The molecule has 9 nitrogen and oxygen atoms in total. The Morgan fingerprint density at radius 2 is 2.00 bits per heavy atom. The van der Waals surface area contributed by atoms with Crippen LogP contribution in [-0.2, 0) is 32.1 Å². The SMILES string of the molecule is CCc1ccccc1N1C[C@H](C(=O)OCC(=O)NC(=O)NCc2ccco2)CC1=O. The number of para-hydroxylation sites is 1. The largest absolute Gasteiger partial charge is 0.467 e. The van der Waals surface area contributed by atoms with Crippen LogP contribution in [0.25, 0.3) is 0 Å². The highest BCUT2D eigenvalue weighted by Crippen LogP contribution is 2.29. The van der Waals surface area contributed by atoms with Gasteiger partial charge < -0.3 is 19.4 Å². The number of amides is 4. The lowest BCUT2D eigenvalue weighted by Crippen LogP contribution is -2.41. The molecule has 9 heteroatoms. The van der Waals surface area contributed by atoms with Crippen molar-refractivity contribution in [3.63, 3.8) is 0 Å². The molecular formula is C21H23N3O6. The number of imide groups is 1. The molecule has 158 valence electrons. The standard InChI is InChI=1S/C21H23N3O6/c1-2-14-6-3-4-8-17(14)24-12-15(10-19(24)26)20(27)30-13-18(25)23-21(28)22-11-16-7-5-9-29-16/h3-9,15H,2,10-13H2,1H3,(H2,22,23,25,28)/t15-/m1/s1. The monoisotopic (exact) mass is 413 g/mol. The molecule has 0 spiro atoms. The van der Waals surface area contributed by atoms with Gasteiger partial charge in [0.25, 0.3) is 5.91 Å². The molecule has 0 bridgehead atoms. The van der Waals surface area contributed by atoms with Crippen LogP contribution in [0.15, 0.2) is 47.1 Å². The quantitative estimate of drug-likeness (QED) is 0.668. The third kappa shape index (κ3) is 5.25. The Bertz CT molecular complexity index is 925. The number of ether oxygens (including phenoxy) is 1. The Hall–Kier alpha value is -3.62. The number of hydrogen-bond acceptors (Lipinski definition) is 6. The van der Waals surface area contributed by atoms with Gasteiger partial charge in [0.05, 0.1) is 18.7 Å². The van der Waals surface area contributed by atoms with Crippen LogP contribution in [-0.4, -0.2) is 37.0 Å². The number of anilines is 1. The summed E-state index contributed by atoms with van der Waals surface area (Å²) < 4.78 is 10.1. The minimum atomic E-state index is -0.766. The summed E-state index contributed by atoms with van der Waals surface area (Å²) in [6.07, 6.45) is 2.24. The van der Waals surface area contributed by atoms with E-state index >= 15 is 0 Å². The molecule has 0 unspecified atom stereocenters.